The number of nitrogens with zero attached hydrogens (tertiary/aromatic N) is 2. The fourth-order valence-electron chi connectivity index (χ4n) is 2.93. The van der Waals surface area contributed by atoms with E-state index in [2.05, 4.69) is 34.3 Å². The Morgan fingerprint density at radius 1 is 1.18 bits per heavy atom. The van der Waals surface area contributed by atoms with Gasteiger partial charge in [0.1, 0.15) is 5.75 Å². The maximum Gasteiger partial charge on any atom is 0.222 e. The van der Waals surface area contributed by atoms with Gasteiger partial charge in [-0.05, 0) is 43.4 Å². The molecule has 7 nitrogen and oxygen atoms in total. The van der Waals surface area contributed by atoms with E-state index in [0.717, 1.165) is 37.9 Å². The van der Waals surface area contributed by atoms with E-state index in [1.807, 2.05) is 12.1 Å². The van der Waals surface area contributed by atoms with Crippen molar-refractivity contribution in [3.8, 4) is 11.5 Å². The predicted octanol–water partition coefficient (Wildman–Crippen LogP) is 3.43. The number of aliphatic hydroxyl groups excluding tert-OH is 1. The highest BCUT2D eigenvalue weighted by atomic mass is 16.5. The molecule has 0 radical (unpaired) electrons. The number of nitrogens with two attached hydrogens (primary N) is 1. The molecular weight excluding hydrogens is 356 g/mol. The van der Waals surface area contributed by atoms with Crippen molar-refractivity contribution in [2.75, 3.05) is 31.4 Å². The number of hydrogen-bond acceptors (Lipinski definition) is 7. The number of aliphatic hydroxyl groups is 1. The summed E-state index contributed by atoms with van der Waals surface area (Å²) < 4.78 is 11.1. The Balaban J connectivity index is 1.91. The molecule has 0 bridgehead atoms. The van der Waals surface area contributed by atoms with Crippen LogP contribution >= 0.6 is 0 Å². The van der Waals surface area contributed by atoms with Gasteiger partial charge in [0.2, 0.25) is 5.95 Å². The zero-order valence-corrected chi connectivity index (χ0v) is 16.9. The summed E-state index contributed by atoms with van der Waals surface area (Å²) >= 11 is 0. The Morgan fingerprint density at radius 3 is 2.64 bits per heavy atom. The minimum atomic E-state index is 0.125. The monoisotopic (exact) mass is 388 g/mol. The van der Waals surface area contributed by atoms with Crippen LogP contribution in [0.5, 0.6) is 11.5 Å². The number of aryl methyl sites for hydroxylation is 1. The van der Waals surface area contributed by atoms with Gasteiger partial charge in [-0.1, -0.05) is 31.9 Å². The lowest BCUT2D eigenvalue weighted by atomic mass is 10.1. The van der Waals surface area contributed by atoms with Gasteiger partial charge in [0, 0.05) is 12.6 Å². The van der Waals surface area contributed by atoms with Crippen LogP contribution in [-0.2, 0) is 6.42 Å². The molecule has 0 aliphatic heterocycles. The number of methoxy groups -OCH3 is 1. The first-order valence-electron chi connectivity index (χ1n) is 9.91. The van der Waals surface area contributed by atoms with Gasteiger partial charge in [0.15, 0.2) is 11.6 Å². The van der Waals surface area contributed by atoms with E-state index in [0.29, 0.717) is 24.6 Å². The number of benzene rings is 1. The molecule has 1 aromatic heterocycles. The summed E-state index contributed by atoms with van der Waals surface area (Å²) in [4.78, 5) is 8.34. The number of nitrogens with one attached hydrogen (secondary N) is 1. The Morgan fingerprint density at radius 2 is 1.96 bits per heavy atom. The van der Waals surface area contributed by atoms with Crippen molar-refractivity contribution in [3.05, 3.63) is 36.0 Å². The Hall–Kier alpha value is -2.54. The molecule has 1 heterocycles. The fraction of sp³-hybridized carbons (Fsp3) is 0.524. The van der Waals surface area contributed by atoms with Crippen molar-refractivity contribution >= 4 is 11.8 Å². The van der Waals surface area contributed by atoms with Crippen molar-refractivity contribution in [1.82, 2.24) is 9.97 Å². The van der Waals surface area contributed by atoms with Crippen molar-refractivity contribution in [3.63, 3.8) is 0 Å². The van der Waals surface area contributed by atoms with E-state index in [-0.39, 0.29) is 18.6 Å². The predicted molar refractivity (Wildman–Crippen MR) is 112 cm³/mol. The first-order chi connectivity index (χ1) is 13.7. The van der Waals surface area contributed by atoms with Crippen molar-refractivity contribution in [2.24, 2.45) is 0 Å². The maximum atomic E-state index is 9.32. The van der Waals surface area contributed by atoms with E-state index in [4.69, 9.17) is 15.2 Å². The van der Waals surface area contributed by atoms with Gasteiger partial charge in [0.25, 0.3) is 0 Å². The molecule has 1 aromatic carbocycles. The van der Waals surface area contributed by atoms with E-state index in [1.54, 1.807) is 13.3 Å². The molecule has 2 rings (SSSR count). The van der Waals surface area contributed by atoms with Gasteiger partial charge >= 0.3 is 0 Å². The Labute approximate surface area is 167 Å². The summed E-state index contributed by atoms with van der Waals surface area (Å²) in [5, 5.41) is 12.7. The molecule has 1 atom stereocenters. The average molecular weight is 389 g/mol. The van der Waals surface area contributed by atoms with E-state index < -0.39 is 0 Å². The lowest BCUT2D eigenvalue weighted by molar-refractivity contribution is 0.275. The number of aromatic nitrogens is 2. The van der Waals surface area contributed by atoms with E-state index in [1.165, 1.54) is 5.56 Å². The lowest BCUT2D eigenvalue weighted by Crippen LogP contribution is -2.22. The summed E-state index contributed by atoms with van der Waals surface area (Å²) in [5.74, 6) is 2.23. The van der Waals surface area contributed by atoms with Gasteiger partial charge in [-0.25, -0.2) is 4.98 Å². The second-order valence-corrected chi connectivity index (χ2v) is 6.74. The van der Waals surface area contributed by atoms with Gasteiger partial charge in [-0.15, -0.1) is 0 Å². The molecule has 1 unspecified atom stereocenters. The van der Waals surface area contributed by atoms with E-state index >= 15 is 0 Å². The number of rotatable bonds is 13. The summed E-state index contributed by atoms with van der Waals surface area (Å²) in [6.45, 7) is 2.82. The standard InChI is InChI=1S/C21H32N4O3/c1-3-4-7-17(12-13-26)24-20-19(15-23-21(22)25-20)28-14-5-6-16-8-10-18(27-2)11-9-16/h8-11,15,17,26H,3-7,12-14H2,1-2H3,(H3,22,23,24,25). The molecule has 0 saturated heterocycles. The topological polar surface area (TPSA) is 103 Å². The highest BCUT2D eigenvalue weighted by Crippen LogP contribution is 2.24. The maximum absolute atomic E-state index is 9.32. The molecule has 0 saturated carbocycles. The second-order valence-electron chi connectivity index (χ2n) is 6.74. The Kier molecular flexibility index (Phi) is 9.34. The fourth-order valence-corrected chi connectivity index (χ4v) is 2.93. The van der Waals surface area contributed by atoms with Crippen molar-refractivity contribution < 1.29 is 14.6 Å². The van der Waals surface area contributed by atoms with Crippen LogP contribution in [0.25, 0.3) is 0 Å². The molecule has 2 aromatic rings. The summed E-state index contributed by atoms with van der Waals surface area (Å²) in [7, 11) is 1.66. The molecule has 7 heteroatoms. The van der Waals surface area contributed by atoms with Gasteiger partial charge in [-0.3, -0.25) is 0 Å². The highest BCUT2D eigenvalue weighted by molar-refractivity contribution is 5.51. The summed E-state index contributed by atoms with van der Waals surface area (Å²) in [6, 6.07) is 8.17. The van der Waals surface area contributed by atoms with Crippen LogP contribution in [0.1, 0.15) is 44.6 Å². The summed E-state index contributed by atoms with van der Waals surface area (Å²) in [6.07, 6.45) is 7.17. The van der Waals surface area contributed by atoms with Gasteiger partial charge < -0.3 is 25.6 Å². The minimum Gasteiger partial charge on any atom is -0.497 e. The zero-order chi connectivity index (χ0) is 20.2. The molecule has 154 valence electrons. The van der Waals surface area contributed by atoms with Crippen LogP contribution in [0.4, 0.5) is 11.8 Å². The molecule has 0 aliphatic carbocycles. The van der Waals surface area contributed by atoms with Crippen molar-refractivity contribution in [2.45, 2.75) is 51.5 Å². The smallest absolute Gasteiger partial charge is 0.222 e. The van der Waals surface area contributed by atoms with Crippen molar-refractivity contribution in [1.29, 1.82) is 0 Å². The molecular formula is C21H32N4O3. The third-order valence-electron chi connectivity index (χ3n) is 4.52. The molecule has 4 N–H and O–H groups in total. The number of anilines is 2. The first-order valence-corrected chi connectivity index (χ1v) is 9.91. The van der Waals surface area contributed by atoms with E-state index in [9.17, 15) is 5.11 Å². The van der Waals surface area contributed by atoms with Gasteiger partial charge in [-0.2, -0.15) is 4.98 Å². The normalized spacial score (nSPS) is 11.8. The molecule has 0 aliphatic rings. The third-order valence-corrected chi connectivity index (χ3v) is 4.52. The molecule has 28 heavy (non-hydrogen) atoms. The van der Waals surface area contributed by atoms with Crippen LogP contribution in [-0.4, -0.2) is 41.4 Å². The van der Waals surface area contributed by atoms with Crippen LogP contribution in [0.2, 0.25) is 0 Å². The minimum absolute atomic E-state index is 0.125. The number of ether oxygens (including phenoxy) is 2. The summed E-state index contributed by atoms with van der Waals surface area (Å²) in [5.41, 5.74) is 6.99. The Bertz CT molecular complexity index is 695. The number of unbranched alkanes of at least 4 members (excludes halogenated alkanes) is 1. The number of nitrogen functional groups attached to an aromatic ring is 1. The van der Waals surface area contributed by atoms with Crippen LogP contribution in [0, 0.1) is 0 Å². The average Bonchev–Trinajstić information content (AvgIpc) is 2.71. The number of hydrogen-bond donors (Lipinski definition) is 3. The molecule has 0 amide bonds. The zero-order valence-electron chi connectivity index (χ0n) is 16.9. The lowest BCUT2D eigenvalue weighted by Gasteiger charge is -2.20. The molecule has 0 spiro atoms. The van der Waals surface area contributed by atoms with Crippen LogP contribution < -0.4 is 20.5 Å². The molecule has 0 fully saturated rings. The SMILES string of the molecule is CCCCC(CCO)Nc1nc(N)ncc1OCCCc1ccc(OC)cc1. The quantitative estimate of drug-likeness (QED) is 0.452. The highest BCUT2D eigenvalue weighted by Gasteiger charge is 2.13. The second kappa shape index (κ2) is 12.0. The third kappa shape index (κ3) is 7.23. The van der Waals surface area contributed by atoms with Gasteiger partial charge in [0.05, 0.1) is 19.9 Å². The van der Waals surface area contributed by atoms with Crippen LogP contribution in [0.15, 0.2) is 30.5 Å². The largest absolute Gasteiger partial charge is 0.497 e. The first kappa shape index (κ1) is 21.8. The van der Waals surface area contributed by atoms with Crippen LogP contribution in [0.3, 0.4) is 0 Å².